The van der Waals surface area contributed by atoms with Gasteiger partial charge in [0, 0.05) is 23.2 Å². The fourth-order valence-electron chi connectivity index (χ4n) is 4.72. The van der Waals surface area contributed by atoms with Gasteiger partial charge in [-0.15, -0.1) is 0 Å². The average Bonchev–Trinajstić information content (AvgIpc) is 2.91. The molecule has 0 radical (unpaired) electrons. The molecule has 1 heterocycles. The minimum absolute atomic E-state index is 0.0172. The minimum Gasteiger partial charge on any atom is -0.344 e. The molecule has 0 aliphatic heterocycles. The van der Waals surface area contributed by atoms with Crippen molar-refractivity contribution < 1.29 is 18.8 Å². The Bertz CT molecular complexity index is 1100. The van der Waals surface area contributed by atoms with Crippen LogP contribution in [0.2, 0.25) is 0 Å². The van der Waals surface area contributed by atoms with E-state index in [1.807, 2.05) is 6.92 Å². The number of hydrogen-bond acceptors (Lipinski definition) is 6. The predicted octanol–water partition coefficient (Wildman–Crippen LogP) is 4.21. The maximum Gasteiger partial charge on any atom is 0.237 e. The van der Waals surface area contributed by atoms with Crippen molar-refractivity contribution in [3.8, 4) is 0 Å². The number of pyridine rings is 1. The van der Waals surface area contributed by atoms with Crippen LogP contribution in [0.1, 0.15) is 79.9 Å². The molecule has 0 bridgehead atoms. The van der Waals surface area contributed by atoms with Crippen LogP contribution in [0.25, 0.3) is 0 Å². The van der Waals surface area contributed by atoms with Crippen LogP contribution in [0.3, 0.4) is 0 Å². The number of halogens is 1. The van der Waals surface area contributed by atoms with Crippen molar-refractivity contribution in [2.24, 2.45) is 5.92 Å². The SMILES string of the molecule is CC[C@H](C(=N)C(=O)[C@@H](NC(=O)[C@H](C)NC)C1CCCCC1)c1cc(C(=O)c2ccc(F)cc2)ccn1. The van der Waals surface area contributed by atoms with E-state index in [-0.39, 0.29) is 23.3 Å². The largest absolute Gasteiger partial charge is 0.344 e. The zero-order chi connectivity index (χ0) is 26.2. The fourth-order valence-corrected chi connectivity index (χ4v) is 4.72. The molecule has 8 heteroatoms. The number of hydrogen-bond donors (Lipinski definition) is 3. The molecule has 1 saturated carbocycles. The molecule has 7 nitrogen and oxygen atoms in total. The molecule has 1 aliphatic rings. The lowest BCUT2D eigenvalue weighted by Gasteiger charge is -2.31. The molecule has 0 unspecified atom stereocenters. The lowest BCUT2D eigenvalue weighted by Crippen LogP contribution is -2.53. The van der Waals surface area contributed by atoms with Crippen LogP contribution in [0.5, 0.6) is 0 Å². The Morgan fingerprint density at radius 3 is 2.36 bits per heavy atom. The summed E-state index contributed by atoms with van der Waals surface area (Å²) >= 11 is 0. The molecule has 1 amide bonds. The molecule has 1 aromatic carbocycles. The van der Waals surface area contributed by atoms with Crippen molar-refractivity contribution in [1.29, 1.82) is 5.41 Å². The molecule has 3 rings (SSSR count). The first-order valence-corrected chi connectivity index (χ1v) is 12.6. The Hall–Kier alpha value is -3.26. The molecule has 1 aliphatic carbocycles. The smallest absolute Gasteiger partial charge is 0.237 e. The second kappa shape index (κ2) is 12.6. The molecule has 3 N–H and O–H groups in total. The molecule has 1 aromatic heterocycles. The molecule has 2 aromatic rings. The van der Waals surface area contributed by atoms with Gasteiger partial charge in [0.15, 0.2) is 11.6 Å². The first-order valence-electron chi connectivity index (χ1n) is 12.6. The number of aromatic nitrogens is 1. The van der Waals surface area contributed by atoms with Crippen molar-refractivity contribution in [2.45, 2.75) is 70.4 Å². The third-order valence-electron chi connectivity index (χ3n) is 7.06. The van der Waals surface area contributed by atoms with Gasteiger partial charge in [-0.1, -0.05) is 26.2 Å². The highest BCUT2D eigenvalue weighted by Crippen LogP contribution is 2.29. The number of carbonyl (C=O) groups is 3. The monoisotopic (exact) mass is 494 g/mol. The number of amides is 1. The molecular weight excluding hydrogens is 459 g/mol. The number of likely N-dealkylation sites (N-methyl/N-ethyl adjacent to an activating group) is 1. The molecular formula is C28H35FN4O3. The summed E-state index contributed by atoms with van der Waals surface area (Å²) in [7, 11) is 1.68. The molecule has 3 atom stereocenters. The molecule has 0 spiro atoms. The number of ketones is 2. The van der Waals surface area contributed by atoms with E-state index in [1.54, 1.807) is 26.1 Å². The number of benzene rings is 1. The van der Waals surface area contributed by atoms with E-state index in [0.29, 0.717) is 23.2 Å². The van der Waals surface area contributed by atoms with Crippen LogP contribution in [-0.2, 0) is 9.59 Å². The fraction of sp³-hybridized carbons (Fsp3) is 0.464. The second-order valence-corrected chi connectivity index (χ2v) is 9.44. The summed E-state index contributed by atoms with van der Waals surface area (Å²) in [5.74, 6) is -2.03. The van der Waals surface area contributed by atoms with E-state index >= 15 is 0 Å². The van der Waals surface area contributed by atoms with Crippen LogP contribution >= 0.6 is 0 Å². The highest BCUT2D eigenvalue weighted by Gasteiger charge is 2.36. The summed E-state index contributed by atoms with van der Waals surface area (Å²) in [6.45, 7) is 3.59. The van der Waals surface area contributed by atoms with Crippen molar-refractivity contribution in [3.05, 3.63) is 65.2 Å². The minimum atomic E-state index is -0.765. The van der Waals surface area contributed by atoms with Gasteiger partial charge in [0.05, 0.1) is 23.5 Å². The lowest BCUT2D eigenvalue weighted by molar-refractivity contribution is -0.127. The number of carbonyl (C=O) groups excluding carboxylic acids is 3. The Balaban J connectivity index is 1.85. The van der Waals surface area contributed by atoms with Gasteiger partial charge in [0.25, 0.3) is 0 Å². The van der Waals surface area contributed by atoms with E-state index in [2.05, 4.69) is 15.6 Å². The van der Waals surface area contributed by atoms with Crippen LogP contribution in [0.15, 0.2) is 42.6 Å². The van der Waals surface area contributed by atoms with Gasteiger partial charge in [-0.25, -0.2) is 4.39 Å². The molecule has 192 valence electrons. The topological polar surface area (TPSA) is 112 Å². The highest BCUT2D eigenvalue weighted by molar-refractivity contribution is 6.42. The zero-order valence-corrected chi connectivity index (χ0v) is 21.1. The lowest BCUT2D eigenvalue weighted by atomic mass is 9.79. The maximum atomic E-state index is 13.6. The maximum absolute atomic E-state index is 13.6. The summed E-state index contributed by atoms with van der Waals surface area (Å²) in [6.07, 6.45) is 6.66. The standard InChI is InChI=1S/C28H35FN4O3/c1-4-22(23-16-20(14-15-32-23)26(34)19-10-12-21(29)13-11-19)24(30)27(35)25(18-8-6-5-7-9-18)33-28(36)17(2)31-3/h10-18,22,25,30-31H,4-9H2,1-3H3,(H,33,36)/t17-,22-,25-/m0/s1. The van der Waals surface area contributed by atoms with Crippen molar-refractivity contribution in [1.82, 2.24) is 15.6 Å². The normalized spacial score (nSPS) is 16.6. The van der Waals surface area contributed by atoms with Gasteiger partial charge in [-0.2, -0.15) is 0 Å². The average molecular weight is 495 g/mol. The number of nitrogens with one attached hydrogen (secondary N) is 3. The Kier molecular flexibility index (Phi) is 9.58. The van der Waals surface area contributed by atoms with E-state index < -0.39 is 29.6 Å². The van der Waals surface area contributed by atoms with Crippen molar-refractivity contribution in [3.63, 3.8) is 0 Å². The molecule has 0 saturated heterocycles. The Morgan fingerprint density at radius 2 is 1.75 bits per heavy atom. The Morgan fingerprint density at radius 1 is 1.08 bits per heavy atom. The third kappa shape index (κ3) is 6.49. The van der Waals surface area contributed by atoms with Gasteiger partial charge >= 0.3 is 0 Å². The van der Waals surface area contributed by atoms with Crippen LogP contribution < -0.4 is 10.6 Å². The predicted molar refractivity (Wildman–Crippen MR) is 137 cm³/mol. The van der Waals surface area contributed by atoms with Gasteiger partial charge in [-0.3, -0.25) is 19.4 Å². The first-order chi connectivity index (χ1) is 17.3. The van der Waals surface area contributed by atoms with Crippen LogP contribution in [0, 0.1) is 17.1 Å². The third-order valence-corrected chi connectivity index (χ3v) is 7.06. The van der Waals surface area contributed by atoms with E-state index in [0.717, 1.165) is 32.1 Å². The van der Waals surface area contributed by atoms with Gasteiger partial charge in [0.1, 0.15) is 5.82 Å². The quantitative estimate of drug-likeness (QED) is 0.320. The van der Waals surface area contributed by atoms with E-state index in [9.17, 15) is 18.8 Å². The van der Waals surface area contributed by atoms with Crippen molar-refractivity contribution >= 4 is 23.2 Å². The van der Waals surface area contributed by atoms with Gasteiger partial charge in [-0.05, 0) is 75.5 Å². The highest BCUT2D eigenvalue weighted by atomic mass is 19.1. The number of Topliss-reactive ketones (excluding diaryl/α,β-unsaturated/α-hetero) is 1. The summed E-state index contributed by atoms with van der Waals surface area (Å²) in [6, 6.07) is 7.24. The van der Waals surface area contributed by atoms with Gasteiger partial charge in [0.2, 0.25) is 5.91 Å². The number of rotatable bonds is 11. The summed E-state index contributed by atoms with van der Waals surface area (Å²) in [5.41, 5.74) is 1.02. The summed E-state index contributed by atoms with van der Waals surface area (Å²) in [5, 5.41) is 14.6. The Labute approximate surface area is 211 Å². The van der Waals surface area contributed by atoms with Crippen LogP contribution in [0.4, 0.5) is 4.39 Å². The first kappa shape index (κ1) is 27.3. The van der Waals surface area contributed by atoms with Crippen molar-refractivity contribution in [2.75, 3.05) is 7.05 Å². The van der Waals surface area contributed by atoms with E-state index in [1.165, 1.54) is 30.5 Å². The molecule has 1 fully saturated rings. The summed E-state index contributed by atoms with van der Waals surface area (Å²) in [4.78, 5) is 43.6. The second-order valence-electron chi connectivity index (χ2n) is 9.44. The van der Waals surface area contributed by atoms with Crippen LogP contribution in [-0.4, -0.2) is 47.3 Å². The zero-order valence-electron chi connectivity index (χ0n) is 21.1. The van der Waals surface area contributed by atoms with E-state index in [4.69, 9.17) is 5.41 Å². The van der Waals surface area contributed by atoms with Gasteiger partial charge < -0.3 is 16.0 Å². The summed E-state index contributed by atoms with van der Waals surface area (Å²) < 4.78 is 13.3. The number of nitrogens with zero attached hydrogens (tertiary/aromatic N) is 1. The molecule has 36 heavy (non-hydrogen) atoms.